The van der Waals surface area contributed by atoms with Crippen LogP contribution in [0.15, 0.2) is 39.9 Å². The fourth-order valence-corrected chi connectivity index (χ4v) is 4.31. The molecule has 0 bridgehead atoms. The number of aliphatic hydroxyl groups is 1. The molecular formula is C21H22BrN5O7. The molecule has 3 N–H and O–H groups in total. The maximum absolute atomic E-state index is 12.6. The number of hydrogen-bond donors (Lipinski definition) is 3. The van der Waals surface area contributed by atoms with E-state index >= 15 is 0 Å². The molecule has 2 saturated heterocycles. The van der Waals surface area contributed by atoms with Crippen molar-refractivity contribution in [1.82, 2.24) is 19.5 Å². The van der Waals surface area contributed by atoms with Crippen LogP contribution in [0.5, 0.6) is 5.75 Å². The first kappa shape index (κ1) is 22.9. The van der Waals surface area contributed by atoms with Gasteiger partial charge in [0.05, 0.1) is 12.9 Å². The maximum atomic E-state index is 12.6. The first-order valence-corrected chi connectivity index (χ1v) is 11.3. The molecule has 13 heteroatoms. The molecule has 3 aromatic rings. The molecule has 5 rings (SSSR count). The van der Waals surface area contributed by atoms with Crippen LogP contribution in [0, 0.1) is 0 Å². The highest BCUT2D eigenvalue weighted by Crippen LogP contribution is 2.43. The monoisotopic (exact) mass is 535 g/mol. The number of aromatic nitrogens is 4. The lowest BCUT2D eigenvalue weighted by Gasteiger charge is -2.24. The average molecular weight is 536 g/mol. The highest BCUT2D eigenvalue weighted by atomic mass is 79.9. The number of carbonyl (C=O) groups is 1. The Morgan fingerprint density at radius 2 is 2.03 bits per heavy atom. The van der Waals surface area contributed by atoms with E-state index in [1.165, 1.54) is 10.9 Å². The third-order valence-electron chi connectivity index (χ3n) is 5.45. The number of nitrogens with one attached hydrogen (secondary N) is 2. The van der Waals surface area contributed by atoms with Crippen LogP contribution in [-0.4, -0.2) is 67.8 Å². The summed E-state index contributed by atoms with van der Waals surface area (Å²) in [6.45, 7) is 3.00. The van der Waals surface area contributed by atoms with E-state index in [0.717, 1.165) is 4.47 Å². The Morgan fingerprint density at radius 3 is 2.76 bits per heavy atom. The Bertz CT molecular complexity index is 1270. The number of halogens is 1. The summed E-state index contributed by atoms with van der Waals surface area (Å²) in [6, 6.07) is 7.01. The number of fused-ring (bicyclic) bond motifs is 2. The highest BCUT2D eigenvalue weighted by Gasteiger charge is 2.56. The lowest BCUT2D eigenvalue weighted by Crippen LogP contribution is -2.31. The Kier molecular flexibility index (Phi) is 5.90. The van der Waals surface area contributed by atoms with Crippen molar-refractivity contribution in [2.24, 2.45) is 0 Å². The van der Waals surface area contributed by atoms with Gasteiger partial charge in [0.1, 0.15) is 24.1 Å². The number of ether oxygens (including phenoxy) is 4. The van der Waals surface area contributed by atoms with Gasteiger partial charge < -0.3 is 24.1 Å². The van der Waals surface area contributed by atoms with E-state index in [1.54, 1.807) is 38.1 Å². The number of carbonyl (C=O) groups excluding carboxylic acids is 1. The number of benzene rings is 1. The largest absolute Gasteiger partial charge is 0.484 e. The van der Waals surface area contributed by atoms with Crippen molar-refractivity contribution in [3.8, 4) is 5.75 Å². The van der Waals surface area contributed by atoms with Gasteiger partial charge in [-0.25, -0.2) is 4.98 Å². The molecule has 2 fully saturated rings. The van der Waals surface area contributed by atoms with Crippen LogP contribution in [-0.2, 0) is 19.0 Å². The second kappa shape index (κ2) is 8.74. The molecule has 2 aliphatic heterocycles. The third kappa shape index (κ3) is 4.32. The number of amides is 1. The summed E-state index contributed by atoms with van der Waals surface area (Å²) >= 11 is 3.33. The Hall–Kier alpha value is -2.84. The second-order valence-electron chi connectivity index (χ2n) is 8.34. The van der Waals surface area contributed by atoms with E-state index in [4.69, 9.17) is 18.9 Å². The normalized spacial score (nSPS) is 25.4. The van der Waals surface area contributed by atoms with Gasteiger partial charge >= 0.3 is 0 Å². The summed E-state index contributed by atoms with van der Waals surface area (Å²) in [4.78, 5) is 35.9. The molecule has 0 radical (unpaired) electrons. The molecule has 4 heterocycles. The summed E-state index contributed by atoms with van der Waals surface area (Å²) in [5.74, 6) is -0.925. The first-order valence-electron chi connectivity index (χ1n) is 10.5. The lowest BCUT2D eigenvalue weighted by atomic mass is 10.1. The molecule has 2 aliphatic rings. The summed E-state index contributed by atoms with van der Waals surface area (Å²) in [5.41, 5.74) is -0.288. The van der Waals surface area contributed by atoms with Crippen LogP contribution in [0.2, 0.25) is 0 Å². The Morgan fingerprint density at radius 1 is 1.29 bits per heavy atom. The number of aromatic amines is 1. The number of rotatable bonds is 6. The zero-order valence-electron chi connectivity index (χ0n) is 18.2. The van der Waals surface area contributed by atoms with Crippen LogP contribution >= 0.6 is 15.9 Å². The van der Waals surface area contributed by atoms with Gasteiger partial charge in [0.15, 0.2) is 29.8 Å². The fraction of sp³-hybridized carbons (Fsp3) is 0.429. The van der Waals surface area contributed by atoms with Crippen molar-refractivity contribution in [2.45, 2.75) is 44.2 Å². The van der Waals surface area contributed by atoms with Crippen molar-refractivity contribution >= 4 is 38.9 Å². The zero-order valence-corrected chi connectivity index (χ0v) is 19.8. The topological polar surface area (TPSA) is 150 Å². The van der Waals surface area contributed by atoms with Crippen molar-refractivity contribution in [3.63, 3.8) is 0 Å². The van der Waals surface area contributed by atoms with Gasteiger partial charge in [-0.1, -0.05) is 15.9 Å². The minimum atomic E-state index is -0.861. The van der Waals surface area contributed by atoms with E-state index in [0.29, 0.717) is 5.75 Å². The molecule has 180 valence electrons. The molecule has 1 amide bonds. The van der Waals surface area contributed by atoms with Crippen molar-refractivity contribution in [2.75, 3.05) is 18.5 Å². The third-order valence-corrected chi connectivity index (χ3v) is 5.98. The fourth-order valence-electron chi connectivity index (χ4n) is 4.05. The summed E-state index contributed by atoms with van der Waals surface area (Å²) < 4.78 is 25.7. The van der Waals surface area contributed by atoms with Gasteiger partial charge in [0, 0.05) is 4.47 Å². The number of hydrogen-bond acceptors (Lipinski definition) is 9. The molecule has 2 aromatic heterocycles. The molecule has 0 spiro atoms. The van der Waals surface area contributed by atoms with Crippen LogP contribution in [0.1, 0.15) is 20.1 Å². The van der Waals surface area contributed by atoms with Crippen LogP contribution in [0.3, 0.4) is 0 Å². The number of H-pyrrole nitrogens is 1. The van der Waals surface area contributed by atoms with Gasteiger partial charge in [-0.05, 0) is 38.1 Å². The summed E-state index contributed by atoms with van der Waals surface area (Å²) in [6.07, 6.45) is -1.01. The Labute approximate surface area is 201 Å². The second-order valence-corrected chi connectivity index (χ2v) is 9.26. The van der Waals surface area contributed by atoms with Crippen LogP contribution < -0.4 is 15.6 Å². The van der Waals surface area contributed by atoms with Crippen molar-refractivity contribution in [1.29, 1.82) is 0 Å². The van der Waals surface area contributed by atoms with E-state index in [2.05, 4.69) is 36.2 Å². The predicted octanol–water partition coefficient (Wildman–Crippen LogP) is 1.31. The standard InChI is InChI=1S/C21H22BrN5O7/c1-21(2)33-15-12(7-28)32-19(16(15)34-21)27-9-23-14-17(27)25-20(26-18(14)30)24-13(29)8-31-11-5-3-10(22)4-6-11/h3-6,9,12,15-16,19,28H,7-8H2,1-2H3,(H2,24,25,26,29,30)/t12-,15+,16+,19-/m0/s1. The Balaban J connectivity index is 1.37. The lowest BCUT2D eigenvalue weighted by molar-refractivity contribution is -0.199. The van der Waals surface area contributed by atoms with Crippen LogP contribution in [0.25, 0.3) is 11.2 Å². The molecular weight excluding hydrogens is 514 g/mol. The first-order chi connectivity index (χ1) is 16.2. The van der Waals surface area contributed by atoms with E-state index < -0.39 is 41.8 Å². The SMILES string of the molecule is CC1(C)O[C@@H]2[C@H](O1)[C@H](CO)O[C@@H]2n1cnc2c(=O)[nH]c(NC(=O)COc3ccc(Br)cc3)nc21. The summed E-state index contributed by atoms with van der Waals surface area (Å²) in [7, 11) is 0. The maximum Gasteiger partial charge on any atom is 0.280 e. The van der Waals surface area contributed by atoms with Gasteiger partial charge in [-0.15, -0.1) is 0 Å². The number of nitrogens with zero attached hydrogens (tertiary/aromatic N) is 3. The molecule has 12 nitrogen and oxygen atoms in total. The van der Waals surface area contributed by atoms with Gasteiger partial charge in [-0.2, -0.15) is 4.98 Å². The van der Waals surface area contributed by atoms with Gasteiger partial charge in [0.25, 0.3) is 11.5 Å². The highest BCUT2D eigenvalue weighted by molar-refractivity contribution is 9.10. The number of imidazole rings is 1. The molecule has 0 saturated carbocycles. The minimum Gasteiger partial charge on any atom is -0.484 e. The molecule has 0 unspecified atom stereocenters. The van der Waals surface area contributed by atoms with Crippen molar-refractivity contribution < 1.29 is 28.8 Å². The van der Waals surface area contributed by atoms with E-state index in [1.807, 2.05) is 0 Å². The van der Waals surface area contributed by atoms with Crippen LogP contribution in [0.4, 0.5) is 5.95 Å². The smallest absolute Gasteiger partial charge is 0.280 e. The molecule has 4 atom stereocenters. The van der Waals surface area contributed by atoms with Gasteiger partial charge in [-0.3, -0.25) is 24.5 Å². The van der Waals surface area contributed by atoms with E-state index in [-0.39, 0.29) is 30.3 Å². The quantitative estimate of drug-likeness (QED) is 0.424. The molecule has 0 aliphatic carbocycles. The van der Waals surface area contributed by atoms with Crippen molar-refractivity contribution in [3.05, 3.63) is 45.4 Å². The molecule has 1 aromatic carbocycles. The van der Waals surface area contributed by atoms with E-state index in [9.17, 15) is 14.7 Å². The molecule has 34 heavy (non-hydrogen) atoms. The number of aliphatic hydroxyl groups excluding tert-OH is 1. The predicted molar refractivity (Wildman–Crippen MR) is 121 cm³/mol. The zero-order chi connectivity index (χ0) is 24.0. The average Bonchev–Trinajstić information content (AvgIpc) is 3.44. The summed E-state index contributed by atoms with van der Waals surface area (Å²) in [5, 5.41) is 12.3. The van der Waals surface area contributed by atoms with Gasteiger partial charge in [0.2, 0.25) is 5.95 Å². The minimum absolute atomic E-state index is 0.0647. The number of anilines is 1.